The van der Waals surface area contributed by atoms with Gasteiger partial charge in [-0.05, 0) is 36.0 Å². The van der Waals surface area contributed by atoms with Crippen LogP contribution in [-0.2, 0) is 0 Å². The van der Waals surface area contributed by atoms with Gasteiger partial charge in [0.15, 0.2) is 0 Å². The first-order chi connectivity index (χ1) is 6.55. The average Bonchev–Trinajstić information content (AvgIpc) is 2.32. The van der Waals surface area contributed by atoms with Crippen LogP contribution in [0.1, 0.15) is 65.7 Å². The summed E-state index contributed by atoms with van der Waals surface area (Å²) in [6.07, 6.45) is 10.7. The minimum absolute atomic E-state index is 0.554. The van der Waals surface area contributed by atoms with E-state index in [-0.39, 0.29) is 0 Å². The molecular weight excluding hydrogens is 168 g/mol. The summed E-state index contributed by atoms with van der Waals surface area (Å²) >= 11 is 0. The van der Waals surface area contributed by atoms with E-state index in [1.807, 2.05) is 0 Å². The molecule has 2 fully saturated rings. The minimum atomic E-state index is 0.554. The highest BCUT2D eigenvalue weighted by atomic mass is 14.4. The summed E-state index contributed by atoms with van der Waals surface area (Å²) in [5, 5.41) is 0. The fraction of sp³-hybridized carbons (Fsp3) is 1.00. The maximum atomic E-state index is 2.44. The van der Waals surface area contributed by atoms with Crippen molar-refractivity contribution in [2.24, 2.45) is 23.2 Å². The standard InChI is InChI=1S/C14H26/c1-14(2,3)13-9-11-5-4-6-12(10-13)8-7-11/h11-13H,4-10H2,1-3H3. The molecule has 0 aromatic carbocycles. The maximum absolute atomic E-state index is 2.44. The molecule has 2 rings (SSSR count). The van der Waals surface area contributed by atoms with Crippen molar-refractivity contribution in [3.8, 4) is 0 Å². The van der Waals surface area contributed by atoms with Crippen LogP contribution in [0.5, 0.6) is 0 Å². The molecule has 2 atom stereocenters. The Hall–Kier alpha value is 0. The summed E-state index contributed by atoms with van der Waals surface area (Å²) in [4.78, 5) is 0. The summed E-state index contributed by atoms with van der Waals surface area (Å²) in [5.41, 5.74) is 0.554. The zero-order valence-electron chi connectivity index (χ0n) is 10.2. The Morgan fingerprint density at radius 1 is 0.786 bits per heavy atom. The summed E-state index contributed by atoms with van der Waals surface area (Å²) in [7, 11) is 0. The van der Waals surface area contributed by atoms with Crippen molar-refractivity contribution in [3.05, 3.63) is 0 Å². The molecule has 2 bridgehead atoms. The molecule has 82 valence electrons. The van der Waals surface area contributed by atoms with Gasteiger partial charge in [-0.25, -0.2) is 0 Å². The lowest BCUT2D eigenvalue weighted by atomic mass is 9.71. The fourth-order valence-corrected chi connectivity index (χ4v) is 3.53. The highest BCUT2D eigenvalue weighted by Crippen LogP contribution is 2.45. The van der Waals surface area contributed by atoms with Crippen LogP contribution in [0.25, 0.3) is 0 Å². The summed E-state index contributed by atoms with van der Waals surface area (Å²) < 4.78 is 0. The molecule has 0 saturated heterocycles. The van der Waals surface area contributed by atoms with E-state index in [0.717, 1.165) is 17.8 Å². The lowest BCUT2D eigenvalue weighted by Gasteiger charge is -2.34. The highest BCUT2D eigenvalue weighted by Gasteiger charge is 2.34. The minimum Gasteiger partial charge on any atom is -0.0599 e. The van der Waals surface area contributed by atoms with Crippen molar-refractivity contribution < 1.29 is 0 Å². The van der Waals surface area contributed by atoms with Crippen LogP contribution in [0.4, 0.5) is 0 Å². The molecule has 0 nitrogen and oxygen atoms in total. The highest BCUT2D eigenvalue weighted by molar-refractivity contribution is 4.85. The van der Waals surface area contributed by atoms with Gasteiger partial charge < -0.3 is 0 Å². The van der Waals surface area contributed by atoms with Crippen molar-refractivity contribution >= 4 is 0 Å². The van der Waals surface area contributed by atoms with Gasteiger partial charge in [-0.2, -0.15) is 0 Å². The maximum Gasteiger partial charge on any atom is -0.0354 e. The van der Waals surface area contributed by atoms with Crippen LogP contribution in [-0.4, -0.2) is 0 Å². The Labute approximate surface area is 89.5 Å². The summed E-state index contributed by atoms with van der Waals surface area (Å²) in [6, 6.07) is 0. The predicted molar refractivity (Wildman–Crippen MR) is 62.2 cm³/mol. The van der Waals surface area contributed by atoms with Gasteiger partial charge in [0, 0.05) is 0 Å². The molecule has 0 heterocycles. The number of hydrogen-bond donors (Lipinski definition) is 0. The molecule has 0 N–H and O–H groups in total. The van der Waals surface area contributed by atoms with Crippen LogP contribution in [0, 0.1) is 23.2 Å². The smallest absolute Gasteiger partial charge is 0.0354 e. The molecule has 0 heteroatoms. The van der Waals surface area contributed by atoms with Gasteiger partial charge in [0.2, 0.25) is 0 Å². The van der Waals surface area contributed by atoms with Crippen LogP contribution in [0.2, 0.25) is 0 Å². The molecule has 14 heavy (non-hydrogen) atoms. The Balaban J connectivity index is 2.08. The average molecular weight is 194 g/mol. The SMILES string of the molecule is CC(C)(C)C1CC2CCCC(CC2)C1. The second kappa shape index (κ2) is 3.87. The van der Waals surface area contributed by atoms with Crippen molar-refractivity contribution in [3.63, 3.8) is 0 Å². The molecule has 2 aliphatic rings. The van der Waals surface area contributed by atoms with E-state index in [9.17, 15) is 0 Å². The van der Waals surface area contributed by atoms with E-state index in [1.54, 1.807) is 0 Å². The van der Waals surface area contributed by atoms with E-state index in [0.29, 0.717) is 5.41 Å². The van der Waals surface area contributed by atoms with Gasteiger partial charge in [-0.3, -0.25) is 0 Å². The van der Waals surface area contributed by atoms with Crippen LogP contribution < -0.4 is 0 Å². The second-order valence-corrected chi connectivity index (χ2v) is 6.77. The third kappa shape index (κ3) is 2.32. The molecule has 0 radical (unpaired) electrons. The lowest BCUT2D eigenvalue weighted by Crippen LogP contribution is -2.24. The number of fused-ring (bicyclic) bond motifs is 3. The lowest BCUT2D eigenvalue weighted by molar-refractivity contribution is 0.160. The Morgan fingerprint density at radius 3 is 1.71 bits per heavy atom. The van der Waals surface area contributed by atoms with Gasteiger partial charge in [-0.1, -0.05) is 52.9 Å². The van der Waals surface area contributed by atoms with Gasteiger partial charge in [0.1, 0.15) is 0 Å². The van der Waals surface area contributed by atoms with Crippen LogP contribution in [0.3, 0.4) is 0 Å². The van der Waals surface area contributed by atoms with E-state index in [2.05, 4.69) is 20.8 Å². The van der Waals surface area contributed by atoms with Gasteiger partial charge in [0.05, 0.1) is 0 Å². The van der Waals surface area contributed by atoms with E-state index < -0.39 is 0 Å². The molecule has 0 aromatic heterocycles. The largest absolute Gasteiger partial charge is 0.0599 e. The van der Waals surface area contributed by atoms with Gasteiger partial charge in [-0.15, -0.1) is 0 Å². The first-order valence-electron chi connectivity index (χ1n) is 6.55. The molecule has 2 unspecified atom stereocenters. The molecule has 0 amide bonds. The second-order valence-electron chi connectivity index (χ2n) is 6.77. The number of rotatable bonds is 0. The molecule has 2 aliphatic carbocycles. The summed E-state index contributed by atoms with van der Waals surface area (Å²) in [5.74, 6) is 3.15. The van der Waals surface area contributed by atoms with Crippen molar-refractivity contribution in [1.82, 2.24) is 0 Å². The third-order valence-corrected chi connectivity index (χ3v) is 4.67. The zero-order chi connectivity index (χ0) is 10.2. The fourth-order valence-electron chi connectivity index (χ4n) is 3.53. The topological polar surface area (TPSA) is 0 Å². The Morgan fingerprint density at radius 2 is 1.29 bits per heavy atom. The van der Waals surface area contributed by atoms with E-state index in [1.165, 1.54) is 44.9 Å². The Kier molecular flexibility index (Phi) is 2.91. The first kappa shape index (κ1) is 10.5. The first-order valence-corrected chi connectivity index (χ1v) is 6.55. The Bertz CT molecular complexity index is 173. The quantitative estimate of drug-likeness (QED) is 0.527. The van der Waals surface area contributed by atoms with Crippen LogP contribution >= 0.6 is 0 Å². The molecule has 0 spiro atoms. The van der Waals surface area contributed by atoms with Crippen molar-refractivity contribution in [1.29, 1.82) is 0 Å². The molecule has 0 aliphatic heterocycles. The zero-order valence-corrected chi connectivity index (χ0v) is 10.2. The van der Waals surface area contributed by atoms with Gasteiger partial charge in [0.25, 0.3) is 0 Å². The third-order valence-electron chi connectivity index (χ3n) is 4.67. The van der Waals surface area contributed by atoms with Gasteiger partial charge >= 0.3 is 0 Å². The van der Waals surface area contributed by atoms with E-state index in [4.69, 9.17) is 0 Å². The molecule has 0 aromatic rings. The van der Waals surface area contributed by atoms with Crippen LogP contribution in [0.15, 0.2) is 0 Å². The molecular formula is C14H26. The summed E-state index contributed by atoms with van der Waals surface area (Å²) in [6.45, 7) is 7.33. The van der Waals surface area contributed by atoms with Crippen molar-refractivity contribution in [2.75, 3.05) is 0 Å². The predicted octanol–water partition coefficient (Wildman–Crippen LogP) is 4.64. The molecule has 2 saturated carbocycles. The number of hydrogen-bond acceptors (Lipinski definition) is 0. The normalized spacial score (nSPS) is 39.2. The van der Waals surface area contributed by atoms with E-state index >= 15 is 0 Å². The van der Waals surface area contributed by atoms with Crippen molar-refractivity contribution in [2.45, 2.75) is 65.7 Å². The monoisotopic (exact) mass is 194 g/mol.